The molecular weight excluding hydrogens is 284 g/mol. The van der Waals surface area contributed by atoms with Crippen molar-refractivity contribution >= 4 is 33.0 Å². The Labute approximate surface area is 107 Å². The maximum Gasteiger partial charge on any atom is 0.172 e. The minimum Gasteiger partial charge on any atom is -0.293 e. The van der Waals surface area contributed by atoms with E-state index in [9.17, 15) is 4.79 Å². The third kappa shape index (κ3) is 2.42. The van der Waals surface area contributed by atoms with Gasteiger partial charge in [-0.2, -0.15) is 0 Å². The lowest BCUT2D eigenvalue weighted by Gasteiger charge is -1.97. The van der Waals surface area contributed by atoms with E-state index in [1.165, 1.54) is 0 Å². The number of Topliss-reactive ketones (excluding diaryl/α,β-unsaturated/α-hetero) is 1. The van der Waals surface area contributed by atoms with Gasteiger partial charge in [0.25, 0.3) is 0 Å². The Kier molecular flexibility index (Phi) is 3.56. The number of halogens is 1. The monoisotopic (exact) mass is 294 g/mol. The van der Waals surface area contributed by atoms with Crippen LogP contribution in [0.1, 0.15) is 23.0 Å². The van der Waals surface area contributed by atoms with Crippen molar-refractivity contribution in [2.24, 2.45) is 0 Å². The molecule has 0 atom stereocenters. The first kappa shape index (κ1) is 11.6. The summed E-state index contributed by atoms with van der Waals surface area (Å²) in [5, 5.41) is 0. The first-order valence-electron chi connectivity index (χ1n) is 5.09. The summed E-state index contributed by atoms with van der Waals surface area (Å²) >= 11 is 5.00. The van der Waals surface area contributed by atoms with Gasteiger partial charge in [0.05, 0.1) is 4.88 Å². The van der Waals surface area contributed by atoms with E-state index in [0.29, 0.717) is 6.42 Å². The number of benzene rings is 1. The Balaban J connectivity index is 2.35. The first-order chi connectivity index (χ1) is 7.70. The quantitative estimate of drug-likeness (QED) is 0.745. The molecule has 1 aromatic carbocycles. The molecule has 3 heteroatoms. The van der Waals surface area contributed by atoms with Crippen LogP contribution in [0.4, 0.5) is 0 Å². The predicted molar refractivity (Wildman–Crippen MR) is 72.1 cm³/mol. The highest BCUT2D eigenvalue weighted by molar-refractivity contribution is 9.10. The topological polar surface area (TPSA) is 17.1 Å². The number of hydrogen-bond acceptors (Lipinski definition) is 2. The van der Waals surface area contributed by atoms with Crippen LogP contribution in [-0.4, -0.2) is 5.78 Å². The van der Waals surface area contributed by atoms with Crippen LogP contribution in [0.3, 0.4) is 0 Å². The molecule has 1 nitrogen and oxygen atoms in total. The average Bonchev–Trinajstić information content (AvgIpc) is 2.77. The van der Waals surface area contributed by atoms with Crippen LogP contribution in [0, 0.1) is 0 Å². The molecule has 0 bridgehead atoms. The lowest BCUT2D eigenvalue weighted by atomic mass is 10.2. The van der Waals surface area contributed by atoms with Crippen LogP contribution in [-0.2, 0) is 0 Å². The summed E-state index contributed by atoms with van der Waals surface area (Å²) in [6.07, 6.45) is 0.568. The van der Waals surface area contributed by atoms with E-state index >= 15 is 0 Å². The fourth-order valence-corrected chi connectivity index (χ4v) is 2.87. The molecule has 16 heavy (non-hydrogen) atoms. The number of carbonyl (C=O) groups excluding carboxylic acids is 1. The van der Waals surface area contributed by atoms with Crippen molar-refractivity contribution in [1.29, 1.82) is 0 Å². The van der Waals surface area contributed by atoms with Crippen LogP contribution < -0.4 is 0 Å². The van der Waals surface area contributed by atoms with Crippen LogP contribution in [0.5, 0.6) is 0 Å². The summed E-state index contributed by atoms with van der Waals surface area (Å²) in [7, 11) is 0. The number of carbonyl (C=O) groups is 1. The zero-order valence-corrected chi connectivity index (χ0v) is 11.3. The molecule has 0 saturated carbocycles. The number of hydrogen-bond donors (Lipinski definition) is 0. The Bertz CT molecular complexity index is 516. The summed E-state index contributed by atoms with van der Waals surface area (Å²) in [6, 6.07) is 12.0. The summed E-state index contributed by atoms with van der Waals surface area (Å²) in [6.45, 7) is 1.89. The van der Waals surface area contributed by atoms with Gasteiger partial charge in [-0.15, -0.1) is 11.3 Å². The Morgan fingerprint density at radius 3 is 2.81 bits per heavy atom. The van der Waals surface area contributed by atoms with Gasteiger partial charge in [-0.05, 0) is 29.8 Å². The van der Waals surface area contributed by atoms with E-state index in [0.717, 1.165) is 19.8 Å². The first-order valence-corrected chi connectivity index (χ1v) is 6.70. The van der Waals surface area contributed by atoms with Crippen molar-refractivity contribution in [2.45, 2.75) is 13.3 Å². The molecule has 2 aromatic rings. The van der Waals surface area contributed by atoms with Crippen molar-refractivity contribution in [3.63, 3.8) is 0 Å². The van der Waals surface area contributed by atoms with Gasteiger partial charge >= 0.3 is 0 Å². The third-order valence-corrected chi connectivity index (χ3v) is 3.98. The Morgan fingerprint density at radius 1 is 1.31 bits per heavy atom. The Morgan fingerprint density at radius 2 is 2.12 bits per heavy atom. The molecule has 82 valence electrons. The van der Waals surface area contributed by atoms with E-state index in [1.54, 1.807) is 11.3 Å². The zero-order chi connectivity index (χ0) is 11.5. The standard InChI is InChI=1S/C13H11BrOS/c1-2-11(15)13-7-6-12(16-13)9-4-3-5-10(14)8-9/h3-8H,2H2,1H3. The number of rotatable bonds is 3. The molecule has 0 aliphatic heterocycles. The molecule has 0 aliphatic rings. The van der Waals surface area contributed by atoms with Crippen LogP contribution in [0.15, 0.2) is 40.9 Å². The van der Waals surface area contributed by atoms with Crippen LogP contribution >= 0.6 is 27.3 Å². The molecule has 0 saturated heterocycles. The normalized spacial score (nSPS) is 10.4. The van der Waals surface area contributed by atoms with Crippen molar-refractivity contribution in [3.05, 3.63) is 45.7 Å². The fourth-order valence-electron chi connectivity index (χ4n) is 1.46. The molecule has 0 unspecified atom stereocenters. The molecule has 0 aliphatic carbocycles. The van der Waals surface area contributed by atoms with E-state index < -0.39 is 0 Å². The third-order valence-electron chi connectivity index (χ3n) is 2.31. The molecule has 0 N–H and O–H groups in total. The van der Waals surface area contributed by atoms with Crippen molar-refractivity contribution in [1.82, 2.24) is 0 Å². The van der Waals surface area contributed by atoms with Gasteiger partial charge in [0.1, 0.15) is 0 Å². The predicted octanol–water partition coefficient (Wildman–Crippen LogP) is 4.77. The molecule has 2 rings (SSSR count). The zero-order valence-electron chi connectivity index (χ0n) is 8.87. The SMILES string of the molecule is CCC(=O)c1ccc(-c2cccc(Br)c2)s1. The van der Waals surface area contributed by atoms with Crippen LogP contribution in [0.2, 0.25) is 0 Å². The summed E-state index contributed by atoms with van der Waals surface area (Å²) in [4.78, 5) is 13.5. The minimum atomic E-state index is 0.214. The van der Waals surface area contributed by atoms with Gasteiger partial charge in [-0.3, -0.25) is 4.79 Å². The lowest BCUT2D eigenvalue weighted by Crippen LogP contribution is -1.90. The second-order valence-electron chi connectivity index (χ2n) is 3.45. The van der Waals surface area contributed by atoms with Crippen molar-refractivity contribution in [2.75, 3.05) is 0 Å². The molecule has 0 amide bonds. The molecule has 0 fully saturated rings. The highest BCUT2D eigenvalue weighted by Crippen LogP contribution is 2.30. The molecule has 0 spiro atoms. The smallest absolute Gasteiger partial charge is 0.172 e. The molecule has 1 aromatic heterocycles. The molecule has 0 radical (unpaired) electrons. The van der Waals surface area contributed by atoms with Gasteiger partial charge in [0, 0.05) is 15.8 Å². The molecular formula is C13H11BrOS. The summed E-state index contributed by atoms with van der Waals surface area (Å²) in [5.74, 6) is 0.214. The van der Waals surface area contributed by atoms with Gasteiger partial charge in [0.15, 0.2) is 5.78 Å². The van der Waals surface area contributed by atoms with E-state index in [1.807, 2.05) is 31.2 Å². The number of thiophene rings is 1. The van der Waals surface area contributed by atoms with Crippen molar-refractivity contribution in [3.8, 4) is 10.4 Å². The van der Waals surface area contributed by atoms with Gasteiger partial charge in [-0.1, -0.05) is 35.0 Å². The highest BCUT2D eigenvalue weighted by atomic mass is 79.9. The maximum atomic E-state index is 11.5. The summed E-state index contributed by atoms with van der Waals surface area (Å²) < 4.78 is 1.06. The lowest BCUT2D eigenvalue weighted by molar-refractivity contribution is 0.0992. The van der Waals surface area contributed by atoms with E-state index in [4.69, 9.17) is 0 Å². The van der Waals surface area contributed by atoms with Gasteiger partial charge in [-0.25, -0.2) is 0 Å². The second kappa shape index (κ2) is 4.93. The van der Waals surface area contributed by atoms with E-state index in [2.05, 4.69) is 28.1 Å². The maximum absolute atomic E-state index is 11.5. The number of ketones is 1. The minimum absolute atomic E-state index is 0.214. The van der Waals surface area contributed by atoms with E-state index in [-0.39, 0.29) is 5.78 Å². The average molecular weight is 295 g/mol. The Hall–Kier alpha value is -0.930. The van der Waals surface area contributed by atoms with Gasteiger partial charge < -0.3 is 0 Å². The van der Waals surface area contributed by atoms with Gasteiger partial charge in [0.2, 0.25) is 0 Å². The summed E-state index contributed by atoms with van der Waals surface area (Å²) in [5.41, 5.74) is 1.15. The largest absolute Gasteiger partial charge is 0.293 e. The van der Waals surface area contributed by atoms with Crippen LogP contribution in [0.25, 0.3) is 10.4 Å². The fraction of sp³-hybridized carbons (Fsp3) is 0.154. The highest BCUT2D eigenvalue weighted by Gasteiger charge is 2.08. The second-order valence-corrected chi connectivity index (χ2v) is 5.45. The van der Waals surface area contributed by atoms with Crippen molar-refractivity contribution < 1.29 is 4.79 Å². The molecule has 1 heterocycles.